The van der Waals surface area contributed by atoms with Gasteiger partial charge in [0.15, 0.2) is 0 Å². The zero-order valence-electron chi connectivity index (χ0n) is 10.3. The summed E-state index contributed by atoms with van der Waals surface area (Å²) in [5.74, 6) is 0.944. The summed E-state index contributed by atoms with van der Waals surface area (Å²) in [6.45, 7) is 2.66. The Morgan fingerprint density at radius 3 is 2.39 bits per heavy atom. The van der Waals surface area contributed by atoms with Crippen molar-refractivity contribution in [3.63, 3.8) is 0 Å². The summed E-state index contributed by atoms with van der Waals surface area (Å²) in [6, 6.07) is 16.3. The standard InChI is InChI=1S/C16H15NO/c1-11-14-4-2-3-5-15(14)18-16(11)13-8-6-12(10-17)7-9-13/h2-9H,10,17H2,1H3. The molecule has 0 aliphatic heterocycles. The molecule has 3 aromatic rings. The van der Waals surface area contributed by atoms with Crippen LogP contribution in [0.25, 0.3) is 22.3 Å². The normalized spacial score (nSPS) is 11.0. The Balaban J connectivity index is 2.15. The number of hydrogen-bond acceptors (Lipinski definition) is 2. The van der Waals surface area contributed by atoms with E-state index in [4.69, 9.17) is 10.2 Å². The van der Waals surface area contributed by atoms with Gasteiger partial charge in [0.2, 0.25) is 0 Å². The Labute approximate surface area is 106 Å². The third kappa shape index (κ3) is 1.71. The van der Waals surface area contributed by atoms with Crippen LogP contribution in [0.15, 0.2) is 52.9 Å². The molecule has 0 unspecified atom stereocenters. The van der Waals surface area contributed by atoms with Gasteiger partial charge in [-0.3, -0.25) is 0 Å². The van der Waals surface area contributed by atoms with Gasteiger partial charge in [-0.05, 0) is 18.6 Å². The van der Waals surface area contributed by atoms with Gasteiger partial charge in [-0.15, -0.1) is 0 Å². The highest BCUT2D eigenvalue weighted by atomic mass is 16.3. The van der Waals surface area contributed by atoms with Gasteiger partial charge in [0.05, 0.1) is 0 Å². The van der Waals surface area contributed by atoms with E-state index in [0.717, 1.165) is 22.5 Å². The van der Waals surface area contributed by atoms with Gasteiger partial charge in [-0.2, -0.15) is 0 Å². The smallest absolute Gasteiger partial charge is 0.138 e. The number of aryl methyl sites for hydroxylation is 1. The first kappa shape index (κ1) is 11.1. The number of para-hydroxylation sites is 1. The molecule has 0 spiro atoms. The van der Waals surface area contributed by atoms with E-state index in [1.165, 1.54) is 10.9 Å². The number of fused-ring (bicyclic) bond motifs is 1. The fourth-order valence-corrected chi connectivity index (χ4v) is 2.24. The molecule has 0 saturated heterocycles. The van der Waals surface area contributed by atoms with E-state index in [9.17, 15) is 0 Å². The van der Waals surface area contributed by atoms with Crippen LogP contribution in [0.2, 0.25) is 0 Å². The molecular weight excluding hydrogens is 222 g/mol. The van der Waals surface area contributed by atoms with Crippen molar-refractivity contribution >= 4 is 11.0 Å². The SMILES string of the molecule is Cc1c(-c2ccc(CN)cc2)oc2ccccc12. The fourth-order valence-electron chi connectivity index (χ4n) is 2.24. The predicted molar refractivity (Wildman–Crippen MR) is 74.3 cm³/mol. The molecule has 0 aliphatic carbocycles. The van der Waals surface area contributed by atoms with E-state index >= 15 is 0 Å². The molecule has 0 aliphatic rings. The van der Waals surface area contributed by atoms with E-state index in [2.05, 4.69) is 25.1 Å². The number of furan rings is 1. The Kier molecular flexibility index (Phi) is 2.65. The summed E-state index contributed by atoms with van der Waals surface area (Å²) in [7, 11) is 0. The average Bonchev–Trinajstić information content (AvgIpc) is 2.77. The summed E-state index contributed by atoms with van der Waals surface area (Å²) in [6.07, 6.45) is 0. The van der Waals surface area contributed by atoms with Gasteiger partial charge < -0.3 is 10.2 Å². The van der Waals surface area contributed by atoms with Gasteiger partial charge in [0.25, 0.3) is 0 Å². The summed E-state index contributed by atoms with van der Waals surface area (Å²) in [5, 5.41) is 1.18. The first-order chi connectivity index (χ1) is 8.79. The molecule has 0 saturated carbocycles. The van der Waals surface area contributed by atoms with Crippen molar-refractivity contribution in [2.75, 3.05) is 0 Å². The molecule has 2 N–H and O–H groups in total. The summed E-state index contributed by atoms with van der Waals surface area (Å²) in [4.78, 5) is 0. The van der Waals surface area contributed by atoms with Crippen LogP contribution in [0.3, 0.4) is 0 Å². The lowest BCUT2D eigenvalue weighted by molar-refractivity contribution is 0.629. The van der Waals surface area contributed by atoms with Gasteiger partial charge in [-0.1, -0.05) is 42.5 Å². The van der Waals surface area contributed by atoms with Crippen molar-refractivity contribution in [1.29, 1.82) is 0 Å². The number of rotatable bonds is 2. The van der Waals surface area contributed by atoms with Crippen molar-refractivity contribution in [1.82, 2.24) is 0 Å². The Bertz CT molecular complexity index is 680. The molecule has 90 valence electrons. The highest BCUT2D eigenvalue weighted by Crippen LogP contribution is 2.32. The van der Waals surface area contributed by atoms with Crippen molar-refractivity contribution in [3.8, 4) is 11.3 Å². The lowest BCUT2D eigenvalue weighted by atomic mass is 10.1. The van der Waals surface area contributed by atoms with Crippen LogP contribution in [0.1, 0.15) is 11.1 Å². The van der Waals surface area contributed by atoms with Gasteiger partial charge in [0, 0.05) is 23.1 Å². The number of benzene rings is 2. The summed E-state index contributed by atoms with van der Waals surface area (Å²) in [5.41, 5.74) is 9.96. The van der Waals surface area contributed by atoms with Crippen molar-refractivity contribution in [3.05, 3.63) is 59.7 Å². The maximum Gasteiger partial charge on any atom is 0.138 e. The van der Waals surface area contributed by atoms with E-state index < -0.39 is 0 Å². The van der Waals surface area contributed by atoms with Crippen molar-refractivity contribution in [2.24, 2.45) is 5.73 Å². The van der Waals surface area contributed by atoms with Crippen LogP contribution in [-0.4, -0.2) is 0 Å². The molecule has 0 radical (unpaired) electrons. The minimum absolute atomic E-state index is 0.569. The molecule has 0 atom stereocenters. The maximum atomic E-state index is 5.93. The molecule has 2 heteroatoms. The monoisotopic (exact) mass is 237 g/mol. The molecule has 2 nitrogen and oxygen atoms in total. The second kappa shape index (κ2) is 4.31. The maximum absolute atomic E-state index is 5.93. The first-order valence-electron chi connectivity index (χ1n) is 6.07. The fraction of sp³-hybridized carbons (Fsp3) is 0.125. The average molecular weight is 237 g/mol. The van der Waals surface area contributed by atoms with E-state index in [0.29, 0.717) is 6.54 Å². The molecule has 0 fully saturated rings. The minimum Gasteiger partial charge on any atom is -0.456 e. The van der Waals surface area contributed by atoms with E-state index in [1.54, 1.807) is 0 Å². The molecular formula is C16H15NO. The molecule has 1 heterocycles. The number of hydrogen-bond donors (Lipinski definition) is 1. The van der Waals surface area contributed by atoms with Gasteiger partial charge in [-0.25, -0.2) is 0 Å². The summed E-state index contributed by atoms with van der Waals surface area (Å²) >= 11 is 0. The Morgan fingerprint density at radius 2 is 1.72 bits per heavy atom. The first-order valence-corrected chi connectivity index (χ1v) is 6.07. The molecule has 3 rings (SSSR count). The van der Waals surface area contributed by atoms with E-state index in [1.807, 2.05) is 30.3 Å². The quantitative estimate of drug-likeness (QED) is 0.735. The van der Waals surface area contributed by atoms with Crippen LogP contribution in [0, 0.1) is 6.92 Å². The zero-order chi connectivity index (χ0) is 12.5. The third-order valence-electron chi connectivity index (χ3n) is 3.30. The van der Waals surface area contributed by atoms with Gasteiger partial charge >= 0.3 is 0 Å². The topological polar surface area (TPSA) is 39.2 Å². The number of nitrogens with two attached hydrogens (primary N) is 1. The van der Waals surface area contributed by atoms with E-state index in [-0.39, 0.29) is 0 Å². The summed E-state index contributed by atoms with van der Waals surface area (Å²) < 4.78 is 5.93. The molecule has 0 bridgehead atoms. The minimum atomic E-state index is 0.569. The zero-order valence-corrected chi connectivity index (χ0v) is 10.3. The molecule has 18 heavy (non-hydrogen) atoms. The second-order valence-electron chi connectivity index (χ2n) is 4.45. The van der Waals surface area contributed by atoms with Crippen molar-refractivity contribution in [2.45, 2.75) is 13.5 Å². The lowest BCUT2D eigenvalue weighted by Gasteiger charge is -2.00. The molecule has 1 aromatic heterocycles. The Hall–Kier alpha value is -2.06. The van der Waals surface area contributed by atoms with Crippen LogP contribution in [0.5, 0.6) is 0 Å². The second-order valence-corrected chi connectivity index (χ2v) is 4.45. The van der Waals surface area contributed by atoms with Crippen LogP contribution < -0.4 is 5.73 Å². The van der Waals surface area contributed by atoms with Gasteiger partial charge in [0.1, 0.15) is 11.3 Å². The molecule has 2 aromatic carbocycles. The van der Waals surface area contributed by atoms with Crippen molar-refractivity contribution < 1.29 is 4.42 Å². The van der Waals surface area contributed by atoms with Crippen LogP contribution in [-0.2, 0) is 6.54 Å². The Morgan fingerprint density at radius 1 is 1.00 bits per heavy atom. The highest BCUT2D eigenvalue weighted by molar-refractivity contribution is 5.87. The molecule has 0 amide bonds. The highest BCUT2D eigenvalue weighted by Gasteiger charge is 2.11. The predicted octanol–water partition coefficient (Wildman–Crippen LogP) is 3.87. The largest absolute Gasteiger partial charge is 0.456 e. The van der Waals surface area contributed by atoms with Crippen LogP contribution in [0.4, 0.5) is 0 Å². The lowest BCUT2D eigenvalue weighted by Crippen LogP contribution is -1.95. The van der Waals surface area contributed by atoms with Crippen LogP contribution >= 0.6 is 0 Å². The third-order valence-corrected chi connectivity index (χ3v) is 3.30.